The lowest BCUT2D eigenvalue weighted by Crippen LogP contribution is -2.16. The molecule has 3 heteroatoms. The average Bonchev–Trinajstić information content (AvgIpc) is 2.13. The molecule has 1 saturated heterocycles. The monoisotopic (exact) mass is 144 g/mol. The molecule has 0 aliphatic carbocycles. The first-order valence-corrected chi connectivity index (χ1v) is 3.47. The van der Waals surface area contributed by atoms with Crippen molar-refractivity contribution in [2.24, 2.45) is 5.92 Å². The minimum Gasteiger partial charge on any atom is -0.434 e. The van der Waals surface area contributed by atoms with E-state index in [9.17, 15) is 4.79 Å². The molecule has 1 rings (SSSR count). The van der Waals surface area contributed by atoms with E-state index in [4.69, 9.17) is 9.47 Å². The molecular weight excluding hydrogens is 132 g/mol. The summed E-state index contributed by atoms with van der Waals surface area (Å²) >= 11 is 0. The smallest absolute Gasteiger partial charge is 0.337 e. The highest BCUT2D eigenvalue weighted by Gasteiger charge is 2.33. The zero-order chi connectivity index (χ0) is 7.72. The van der Waals surface area contributed by atoms with Gasteiger partial charge in [-0.2, -0.15) is 0 Å². The quantitative estimate of drug-likeness (QED) is 0.513. The van der Waals surface area contributed by atoms with E-state index in [1.165, 1.54) is 0 Å². The van der Waals surface area contributed by atoms with Crippen LogP contribution in [0.5, 0.6) is 0 Å². The molecule has 10 heavy (non-hydrogen) atoms. The van der Waals surface area contributed by atoms with E-state index in [1.54, 1.807) is 6.92 Å². The Labute approximate surface area is 60.3 Å². The van der Waals surface area contributed by atoms with Crippen molar-refractivity contribution in [2.45, 2.75) is 33.2 Å². The molecule has 0 saturated carbocycles. The lowest BCUT2D eigenvalue weighted by atomic mass is 10.2. The molecule has 0 aromatic rings. The molecular formula is C7H12O3. The lowest BCUT2D eigenvalue weighted by Gasteiger charge is -2.11. The molecule has 1 aliphatic heterocycles. The van der Waals surface area contributed by atoms with Crippen LogP contribution in [0.1, 0.15) is 20.8 Å². The summed E-state index contributed by atoms with van der Waals surface area (Å²) in [5, 5.41) is 0. The molecule has 1 aliphatic rings. The third-order valence-electron chi connectivity index (χ3n) is 1.45. The van der Waals surface area contributed by atoms with Crippen LogP contribution >= 0.6 is 0 Å². The van der Waals surface area contributed by atoms with Gasteiger partial charge in [-0.15, -0.1) is 0 Å². The van der Waals surface area contributed by atoms with Crippen molar-refractivity contribution in [3.63, 3.8) is 0 Å². The minimum atomic E-state index is -0.382. The zero-order valence-corrected chi connectivity index (χ0v) is 6.46. The topological polar surface area (TPSA) is 35.5 Å². The fraction of sp³-hybridized carbons (Fsp3) is 0.857. The Balaban J connectivity index is 2.49. The van der Waals surface area contributed by atoms with Crippen molar-refractivity contribution in [2.75, 3.05) is 0 Å². The Morgan fingerprint density at radius 1 is 1.50 bits per heavy atom. The van der Waals surface area contributed by atoms with Crippen LogP contribution in [0.15, 0.2) is 0 Å². The predicted octanol–water partition coefficient (Wildman–Crippen LogP) is 0.930. The molecule has 3 nitrogen and oxygen atoms in total. The number of rotatable bonds is 1. The summed E-state index contributed by atoms with van der Waals surface area (Å²) in [4.78, 5) is 10.7. The van der Waals surface area contributed by atoms with Gasteiger partial charge < -0.3 is 9.47 Å². The summed E-state index contributed by atoms with van der Waals surface area (Å²) in [6.45, 7) is 5.61. The van der Waals surface area contributed by atoms with E-state index in [1.807, 2.05) is 13.8 Å². The van der Waals surface area contributed by atoms with E-state index in [-0.39, 0.29) is 24.3 Å². The summed E-state index contributed by atoms with van der Waals surface area (Å²) in [7, 11) is 0. The molecule has 0 bridgehead atoms. The maximum absolute atomic E-state index is 10.7. The van der Waals surface area contributed by atoms with Gasteiger partial charge in [0, 0.05) is 5.92 Å². The van der Waals surface area contributed by atoms with Crippen LogP contribution in [-0.2, 0) is 14.3 Å². The van der Waals surface area contributed by atoms with Crippen molar-refractivity contribution < 1.29 is 14.3 Å². The average molecular weight is 144 g/mol. The molecule has 2 unspecified atom stereocenters. The summed E-state index contributed by atoms with van der Waals surface area (Å²) in [5.74, 6) is -0.00685. The number of carbonyl (C=O) groups excluding carboxylic acids is 1. The van der Waals surface area contributed by atoms with Gasteiger partial charge in [0.15, 0.2) is 6.10 Å². The zero-order valence-electron chi connectivity index (χ0n) is 6.46. The molecule has 0 N–H and O–H groups in total. The second-order valence-electron chi connectivity index (χ2n) is 2.83. The molecule has 0 aromatic heterocycles. The highest BCUT2D eigenvalue weighted by atomic mass is 16.8. The van der Waals surface area contributed by atoms with Crippen LogP contribution in [0.25, 0.3) is 0 Å². The number of esters is 1. The van der Waals surface area contributed by atoms with Gasteiger partial charge in [-0.3, -0.25) is 0 Å². The van der Waals surface area contributed by atoms with Crippen LogP contribution in [0.3, 0.4) is 0 Å². The molecule has 1 heterocycles. The summed E-state index contributed by atoms with van der Waals surface area (Å²) in [6.07, 6.45) is -0.713. The number of hydrogen-bond donors (Lipinski definition) is 0. The normalized spacial score (nSPS) is 33.0. The van der Waals surface area contributed by atoms with Gasteiger partial charge in [0.2, 0.25) is 6.29 Å². The van der Waals surface area contributed by atoms with Crippen LogP contribution in [-0.4, -0.2) is 18.4 Å². The number of ether oxygens (including phenoxy) is 2. The van der Waals surface area contributed by atoms with Crippen molar-refractivity contribution in [1.82, 2.24) is 0 Å². The SMILES string of the molecule is CC1OC(C(C)C)OC1=O. The van der Waals surface area contributed by atoms with Crippen molar-refractivity contribution >= 4 is 5.97 Å². The first kappa shape index (κ1) is 7.54. The van der Waals surface area contributed by atoms with Gasteiger partial charge in [0.25, 0.3) is 0 Å². The Hall–Kier alpha value is -0.570. The molecule has 0 aromatic carbocycles. The Morgan fingerprint density at radius 2 is 2.10 bits per heavy atom. The van der Waals surface area contributed by atoms with E-state index < -0.39 is 0 Å². The van der Waals surface area contributed by atoms with E-state index in [0.29, 0.717) is 0 Å². The molecule has 2 atom stereocenters. The summed E-state index contributed by atoms with van der Waals surface area (Å²) < 4.78 is 10.0. The molecule has 0 amide bonds. The Bertz CT molecular complexity index is 142. The van der Waals surface area contributed by atoms with E-state index >= 15 is 0 Å². The first-order valence-electron chi connectivity index (χ1n) is 3.47. The number of cyclic esters (lactones) is 1. The molecule has 58 valence electrons. The fourth-order valence-electron chi connectivity index (χ4n) is 0.788. The standard InChI is InChI=1S/C7H12O3/c1-4(2)7-9-5(3)6(8)10-7/h4-5,7H,1-3H3. The maximum atomic E-state index is 10.7. The summed E-state index contributed by atoms with van der Waals surface area (Å²) in [6, 6.07) is 0. The Kier molecular flexibility index (Phi) is 1.94. The van der Waals surface area contributed by atoms with Crippen molar-refractivity contribution in [3.05, 3.63) is 0 Å². The van der Waals surface area contributed by atoms with Gasteiger partial charge in [-0.1, -0.05) is 13.8 Å². The third kappa shape index (κ3) is 1.29. The van der Waals surface area contributed by atoms with Crippen LogP contribution in [0.4, 0.5) is 0 Å². The van der Waals surface area contributed by atoms with E-state index in [2.05, 4.69) is 0 Å². The van der Waals surface area contributed by atoms with Crippen molar-refractivity contribution in [1.29, 1.82) is 0 Å². The molecule has 0 spiro atoms. The Morgan fingerprint density at radius 3 is 2.30 bits per heavy atom. The van der Waals surface area contributed by atoms with E-state index in [0.717, 1.165) is 0 Å². The van der Waals surface area contributed by atoms with Crippen LogP contribution in [0.2, 0.25) is 0 Å². The number of carbonyl (C=O) groups is 1. The first-order chi connectivity index (χ1) is 4.61. The second-order valence-corrected chi connectivity index (χ2v) is 2.83. The summed E-state index contributed by atoms with van der Waals surface area (Å²) in [5.41, 5.74) is 0. The largest absolute Gasteiger partial charge is 0.434 e. The van der Waals surface area contributed by atoms with Crippen molar-refractivity contribution in [3.8, 4) is 0 Å². The third-order valence-corrected chi connectivity index (χ3v) is 1.45. The van der Waals surface area contributed by atoms with Crippen LogP contribution in [0, 0.1) is 5.92 Å². The minimum absolute atomic E-state index is 0.244. The van der Waals surface area contributed by atoms with Gasteiger partial charge in [-0.05, 0) is 6.92 Å². The highest BCUT2D eigenvalue weighted by molar-refractivity contribution is 5.75. The van der Waals surface area contributed by atoms with Crippen LogP contribution < -0.4 is 0 Å². The predicted molar refractivity (Wildman–Crippen MR) is 35.3 cm³/mol. The van der Waals surface area contributed by atoms with Gasteiger partial charge in [-0.25, -0.2) is 4.79 Å². The fourth-order valence-corrected chi connectivity index (χ4v) is 0.788. The van der Waals surface area contributed by atoms with Gasteiger partial charge in [0.05, 0.1) is 0 Å². The number of hydrogen-bond acceptors (Lipinski definition) is 3. The maximum Gasteiger partial charge on any atom is 0.337 e. The second kappa shape index (κ2) is 2.58. The highest BCUT2D eigenvalue weighted by Crippen LogP contribution is 2.18. The molecule has 0 radical (unpaired) electrons. The lowest BCUT2D eigenvalue weighted by molar-refractivity contribution is -0.146. The molecule has 1 fully saturated rings. The van der Waals surface area contributed by atoms with Gasteiger partial charge in [0.1, 0.15) is 0 Å². The van der Waals surface area contributed by atoms with Gasteiger partial charge >= 0.3 is 5.97 Å².